The molecule has 2 saturated heterocycles. The molecule has 2 aliphatic heterocycles. The van der Waals surface area contributed by atoms with Gasteiger partial charge in [-0.15, -0.1) is 5.10 Å². The first-order valence-electron chi connectivity index (χ1n) is 9.85. The first kappa shape index (κ1) is 20.3. The summed E-state index contributed by atoms with van der Waals surface area (Å²) in [5.41, 5.74) is 1.74. The summed E-state index contributed by atoms with van der Waals surface area (Å²) in [6.45, 7) is 5.18. The molecular weight excluding hydrogens is 392 g/mol. The highest BCUT2D eigenvalue weighted by molar-refractivity contribution is 7.89. The van der Waals surface area contributed by atoms with Crippen molar-refractivity contribution < 1.29 is 13.2 Å². The third-order valence-corrected chi connectivity index (χ3v) is 7.56. The van der Waals surface area contributed by atoms with Gasteiger partial charge in [0.2, 0.25) is 10.0 Å². The average Bonchev–Trinajstić information content (AvgIpc) is 3.27. The molecule has 3 heterocycles. The molecule has 9 nitrogen and oxygen atoms in total. The SMILES string of the molecule is COc1ccc(Cn2cc(CN3CC(N4CCN(C)CC4)CS3(=O)=O)nn2)cc1. The number of ether oxygens (including phenoxy) is 1. The van der Waals surface area contributed by atoms with Gasteiger partial charge in [-0.3, -0.25) is 4.90 Å². The summed E-state index contributed by atoms with van der Waals surface area (Å²) >= 11 is 0. The Morgan fingerprint density at radius 3 is 2.52 bits per heavy atom. The molecule has 0 N–H and O–H groups in total. The lowest BCUT2D eigenvalue weighted by atomic mass is 10.2. The van der Waals surface area contributed by atoms with E-state index >= 15 is 0 Å². The molecule has 158 valence electrons. The fourth-order valence-electron chi connectivity index (χ4n) is 3.91. The number of methoxy groups -OCH3 is 1. The van der Waals surface area contributed by atoms with E-state index < -0.39 is 10.0 Å². The molecule has 4 rings (SSSR count). The van der Waals surface area contributed by atoms with Crippen LogP contribution in [0.2, 0.25) is 0 Å². The van der Waals surface area contributed by atoms with Gasteiger partial charge < -0.3 is 9.64 Å². The van der Waals surface area contributed by atoms with Crippen LogP contribution >= 0.6 is 0 Å². The maximum absolute atomic E-state index is 12.7. The van der Waals surface area contributed by atoms with Crippen LogP contribution in [0.4, 0.5) is 0 Å². The summed E-state index contributed by atoms with van der Waals surface area (Å²) in [7, 11) is 0.472. The number of hydrogen-bond acceptors (Lipinski definition) is 7. The lowest BCUT2D eigenvalue weighted by molar-refractivity contribution is 0.116. The van der Waals surface area contributed by atoms with E-state index in [1.54, 1.807) is 16.1 Å². The highest BCUT2D eigenvalue weighted by atomic mass is 32.2. The van der Waals surface area contributed by atoms with E-state index in [0.717, 1.165) is 37.5 Å². The van der Waals surface area contributed by atoms with Crippen LogP contribution in [0.15, 0.2) is 30.5 Å². The maximum atomic E-state index is 12.7. The second-order valence-electron chi connectivity index (χ2n) is 7.82. The van der Waals surface area contributed by atoms with Gasteiger partial charge in [-0.05, 0) is 24.7 Å². The van der Waals surface area contributed by atoms with Gasteiger partial charge in [0.05, 0.1) is 37.8 Å². The van der Waals surface area contributed by atoms with Gasteiger partial charge in [0.25, 0.3) is 0 Å². The van der Waals surface area contributed by atoms with Crippen molar-refractivity contribution >= 4 is 10.0 Å². The van der Waals surface area contributed by atoms with Crippen molar-refractivity contribution in [3.8, 4) is 5.75 Å². The first-order chi connectivity index (χ1) is 13.9. The Bertz CT molecular complexity index is 922. The third-order valence-electron chi connectivity index (χ3n) is 5.69. The van der Waals surface area contributed by atoms with Crippen LogP contribution in [0.5, 0.6) is 5.75 Å². The van der Waals surface area contributed by atoms with E-state index in [0.29, 0.717) is 18.8 Å². The van der Waals surface area contributed by atoms with E-state index in [1.165, 1.54) is 0 Å². The zero-order valence-electron chi connectivity index (χ0n) is 16.9. The van der Waals surface area contributed by atoms with Gasteiger partial charge in [0.15, 0.2) is 0 Å². The monoisotopic (exact) mass is 420 g/mol. The molecule has 2 aliphatic rings. The second kappa shape index (κ2) is 8.39. The predicted octanol–water partition coefficient (Wildman–Crippen LogP) is 0.0964. The van der Waals surface area contributed by atoms with E-state index in [4.69, 9.17) is 4.74 Å². The number of piperazine rings is 1. The van der Waals surface area contributed by atoms with Crippen LogP contribution in [0.25, 0.3) is 0 Å². The first-order valence-corrected chi connectivity index (χ1v) is 11.5. The molecule has 0 radical (unpaired) electrons. The Morgan fingerprint density at radius 2 is 1.83 bits per heavy atom. The van der Waals surface area contributed by atoms with Crippen molar-refractivity contribution in [3.63, 3.8) is 0 Å². The Hall–Kier alpha value is -2.01. The fraction of sp³-hybridized carbons (Fsp3) is 0.579. The van der Waals surface area contributed by atoms with Crippen molar-refractivity contribution in [1.29, 1.82) is 0 Å². The highest BCUT2D eigenvalue weighted by Gasteiger charge is 2.39. The molecule has 1 aromatic carbocycles. The number of benzene rings is 1. The van der Waals surface area contributed by atoms with E-state index in [2.05, 4.69) is 27.2 Å². The van der Waals surface area contributed by atoms with Gasteiger partial charge in [-0.2, -0.15) is 4.31 Å². The molecule has 1 aromatic heterocycles. The lowest BCUT2D eigenvalue weighted by Gasteiger charge is -2.35. The van der Waals surface area contributed by atoms with Gasteiger partial charge in [-0.1, -0.05) is 17.3 Å². The van der Waals surface area contributed by atoms with Gasteiger partial charge in [-0.25, -0.2) is 13.1 Å². The van der Waals surface area contributed by atoms with Crippen LogP contribution in [-0.2, 0) is 23.1 Å². The number of aromatic nitrogens is 3. The van der Waals surface area contributed by atoms with Crippen LogP contribution in [0.3, 0.4) is 0 Å². The molecule has 0 spiro atoms. The molecule has 1 atom stereocenters. The maximum Gasteiger partial charge on any atom is 0.216 e. The molecule has 10 heteroatoms. The minimum atomic E-state index is -3.27. The molecule has 0 aliphatic carbocycles. The number of sulfonamides is 1. The van der Waals surface area contributed by atoms with Crippen LogP contribution in [0, 0.1) is 0 Å². The van der Waals surface area contributed by atoms with Gasteiger partial charge in [0, 0.05) is 38.8 Å². The number of likely N-dealkylation sites (N-methyl/N-ethyl adjacent to an activating group) is 1. The lowest BCUT2D eigenvalue weighted by Crippen LogP contribution is -2.50. The molecule has 0 bridgehead atoms. The number of hydrogen-bond donors (Lipinski definition) is 0. The topological polar surface area (TPSA) is 83.8 Å². The predicted molar refractivity (Wildman–Crippen MR) is 109 cm³/mol. The standard InChI is InChI=1S/C19H28N6O3S/c1-22-7-9-23(10-8-22)18-14-25(29(26,27)15-18)13-17-12-24(21-20-17)11-16-3-5-19(28-2)6-4-16/h3-6,12,18H,7-11,13-15H2,1-2H3. The Labute approximate surface area is 171 Å². The van der Waals surface area contributed by atoms with Gasteiger partial charge >= 0.3 is 0 Å². The Morgan fingerprint density at radius 1 is 1.10 bits per heavy atom. The smallest absolute Gasteiger partial charge is 0.216 e. The second-order valence-corrected chi connectivity index (χ2v) is 9.83. The summed E-state index contributed by atoms with van der Waals surface area (Å²) in [5, 5.41) is 8.34. The normalized spacial score (nSPS) is 23.4. The molecule has 0 saturated carbocycles. The minimum absolute atomic E-state index is 0.0584. The summed E-state index contributed by atoms with van der Waals surface area (Å²) in [6.07, 6.45) is 1.82. The number of nitrogens with zero attached hydrogens (tertiary/aromatic N) is 6. The summed E-state index contributed by atoms with van der Waals surface area (Å²) in [5.74, 6) is 0.999. The highest BCUT2D eigenvalue weighted by Crippen LogP contribution is 2.22. The fourth-order valence-corrected chi connectivity index (χ4v) is 5.65. The molecule has 2 fully saturated rings. The zero-order chi connectivity index (χ0) is 20.4. The van der Waals surface area contributed by atoms with E-state index in [-0.39, 0.29) is 18.3 Å². The summed E-state index contributed by atoms with van der Waals surface area (Å²) in [4.78, 5) is 4.58. The summed E-state index contributed by atoms with van der Waals surface area (Å²) < 4.78 is 33.8. The molecule has 0 amide bonds. The molecule has 2 aromatic rings. The van der Waals surface area contributed by atoms with Crippen molar-refractivity contribution in [1.82, 2.24) is 29.1 Å². The minimum Gasteiger partial charge on any atom is -0.497 e. The molecule has 1 unspecified atom stereocenters. The van der Waals surface area contributed by atoms with Crippen molar-refractivity contribution in [2.24, 2.45) is 0 Å². The van der Waals surface area contributed by atoms with E-state index in [1.807, 2.05) is 30.5 Å². The van der Waals surface area contributed by atoms with Crippen molar-refractivity contribution in [2.45, 2.75) is 19.1 Å². The molecular formula is C19H28N6O3S. The van der Waals surface area contributed by atoms with Gasteiger partial charge in [0.1, 0.15) is 5.75 Å². The quantitative estimate of drug-likeness (QED) is 0.655. The van der Waals surface area contributed by atoms with Crippen LogP contribution in [-0.4, -0.2) is 96.2 Å². The van der Waals surface area contributed by atoms with E-state index in [9.17, 15) is 8.42 Å². The zero-order valence-corrected chi connectivity index (χ0v) is 17.8. The molecule has 29 heavy (non-hydrogen) atoms. The van der Waals surface area contributed by atoms with Crippen molar-refractivity contribution in [2.75, 3.05) is 52.6 Å². The van der Waals surface area contributed by atoms with Crippen molar-refractivity contribution in [3.05, 3.63) is 41.7 Å². The third kappa shape index (κ3) is 4.77. The number of rotatable bonds is 6. The Kier molecular flexibility index (Phi) is 5.86. The summed E-state index contributed by atoms with van der Waals surface area (Å²) in [6, 6.07) is 7.82. The Balaban J connectivity index is 1.37. The van der Waals surface area contributed by atoms with Crippen LogP contribution < -0.4 is 4.74 Å². The average molecular weight is 421 g/mol. The largest absolute Gasteiger partial charge is 0.497 e. The van der Waals surface area contributed by atoms with Crippen LogP contribution in [0.1, 0.15) is 11.3 Å².